The summed E-state index contributed by atoms with van der Waals surface area (Å²) in [4.78, 5) is 5.14. The minimum absolute atomic E-state index is 0.505. The fraction of sp³-hybridized carbons (Fsp3) is 0.222. The number of alkyl halides is 1. The molecule has 0 fully saturated rings. The number of rotatable bonds is 8. The summed E-state index contributed by atoms with van der Waals surface area (Å²) in [5.74, 6) is 0. The second-order valence-corrected chi connectivity index (χ2v) is 5.77. The van der Waals surface area contributed by atoms with Crippen LogP contribution in [0.15, 0.2) is 54.1 Å². The summed E-state index contributed by atoms with van der Waals surface area (Å²) < 4.78 is 0. The first-order valence-corrected chi connectivity index (χ1v) is 8.84. The lowest BCUT2D eigenvalue weighted by Gasteiger charge is -2.15. The van der Waals surface area contributed by atoms with Crippen molar-refractivity contribution in [2.24, 2.45) is 5.73 Å². The van der Waals surface area contributed by atoms with E-state index < -0.39 is 0 Å². The van der Waals surface area contributed by atoms with Gasteiger partial charge in [-0.15, -0.1) is 0 Å². The number of benzene rings is 2. The number of quaternary nitrogens is 1. The van der Waals surface area contributed by atoms with Gasteiger partial charge in [-0.05, 0) is 29.3 Å². The van der Waals surface area contributed by atoms with Crippen LogP contribution >= 0.6 is 15.9 Å². The number of hydrogen-bond donors (Lipinski definition) is 4. The highest BCUT2D eigenvalue weighted by molar-refractivity contribution is 9.09. The van der Waals surface area contributed by atoms with Crippen LogP contribution in [-0.2, 0) is 4.84 Å². The molecule has 0 aromatic heterocycles. The molecule has 0 saturated carbocycles. The van der Waals surface area contributed by atoms with Crippen molar-refractivity contribution >= 4 is 38.7 Å². The van der Waals surface area contributed by atoms with E-state index >= 15 is 0 Å². The summed E-state index contributed by atoms with van der Waals surface area (Å²) >= 11 is 3.50. The zero-order valence-corrected chi connectivity index (χ0v) is 15.6. The first kappa shape index (κ1) is 18.5. The Morgan fingerprint density at radius 1 is 1.21 bits per heavy atom. The maximum absolute atomic E-state index is 5.85. The van der Waals surface area contributed by atoms with Gasteiger partial charge >= 0.3 is 0 Å². The first-order chi connectivity index (χ1) is 11.7. The van der Waals surface area contributed by atoms with Crippen molar-refractivity contribution in [3.8, 4) is 0 Å². The Balaban J connectivity index is 2.33. The molecule has 0 aliphatic heterocycles. The molecule has 2 aromatic carbocycles. The van der Waals surface area contributed by atoms with Gasteiger partial charge in [-0.1, -0.05) is 40.2 Å². The maximum Gasteiger partial charge on any atom is 0.185 e. The molecule has 0 radical (unpaired) electrons. The second kappa shape index (κ2) is 9.44. The van der Waals surface area contributed by atoms with Crippen LogP contribution in [0.4, 0.5) is 17.1 Å². The normalized spacial score (nSPS) is 11.8. The Labute approximate surface area is 151 Å². The highest BCUT2D eigenvalue weighted by Gasteiger charge is 2.09. The van der Waals surface area contributed by atoms with Crippen molar-refractivity contribution in [2.45, 2.75) is 0 Å². The summed E-state index contributed by atoms with van der Waals surface area (Å²) in [6.07, 6.45) is 0. The van der Waals surface area contributed by atoms with Crippen LogP contribution in [-0.4, -0.2) is 26.0 Å². The van der Waals surface area contributed by atoms with Gasteiger partial charge in [0.15, 0.2) is 5.69 Å². The number of hydrogen-bond acceptors (Lipinski definition) is 4. The van der Waals surface area contributed by atoms with Crippen molar-refractivity contribution in [2.75, 3.05) is 31.3 Å². The molecule has 0 aliphatic rings. The fourth-order valence-corrected chi connectivity index (χ4v) is 3.01. The molecule has 0 amide bonds. The predicted molar refractivity (Wildman–Crippen MR) is 104 cm³/mol. The fourth-order valence-electron chi connectivity index (χ4n) is 2.50. The molecule has 24 heavy (non-hydrogen) atoms. The van der Waals surface area contributed by atoms with Gasteiger partial charge in [-0.3, -0.25) is 0 Å². The molecule has 2 aromatic rings. The Bertz CT molecular complexity index is 697. The predicted octanol–water partition coefficient (Wildman–Crippen LogP) is 2.47. The minimum atomic E-state index is 0.505. The summed E-state index contributed by atoms with van der Waals surface area (Å²) in [5, 5.41) is 7.44. The number of nitrogens with two attached hydrogens (primary N) is 2. The third-order valence-electron chi connectivity index (χ3n) is 3.65. The van der Waals surface area contributed by atoms with E-state index in [1.54, 1.807) is 12.6 Å². The van der Waals surface area contributed by atoms with E-state index in [1.807, 2.05) is 43.4 Å². The van der Waals surface area contributed by atoms with E-state index in [2.05, 4.69) is 38.7 Å². The van der Waals surface area contributed by atoms with Crippen LogP contribution < -0.4 is 21.8 Å². The number of para-hydroxylation sites is 1. The smallest absolute Gasteiger partial charge is 0.185 e. The molecule has 6 N–H and O–H groups in total. The van der Waals surface area contributed by atoms with Gasteiger partial charge in [0.25, 0.3) is 0 Å². The zero-order valence-electron chi connectivity index (χ0n) is 14.0. The summed E-state index contributed by atoms with van der Waals surface area (Å²) in [6, 6.07) is 16.3. The highest BCUT2D eigenvalue weighted by atomic mass is 79.9. The molecule has 0 saturated heterocycles. The standard InChI is InChI=1S/C18H23BrN4O/c1-21-18(14(11-19)12-20)13-6-5-7-15(10-13)22-16-8-3-4-9-17(16)23-24-2/h3-10,21-23H,11-12,20H2,1-2H3/p+1/b18-14-. The van der Waals surface area contributed by atoms with E-state index in [0.717, 1.165) is 39.2 Å². The van der Waals surface area contributed by atoms with Gasteiger partial charge in [0.1, 0.15) is 5.69 Å². The van der Waals surface area contributed by atoms with E-state index in [-0.39, 0.29) is 0 Å². The topological polar surface area (TPSA) is 75.9 Å². The average Bonchev–Trinajstić information content (AvgIpc) is 2.61. The Morgan fingerprint density at radius 3 is 2.67 bits per heavy atom. The SMILES string of the molecule is CN/C(=C(\CN)CBr)c1cccc(Nc2ccccc2[NH2+]OC)c1. The quantitative estimate of drug-likeness (QED) is 0.316. The van der Waals surface area contributed by atoms with Crippen molar-refractivity contribution in [3.63, 3.8) is 0 Å². The van der Waals surface area contributed by atoms with Crippen LogP contribution in [0, 0.1) is 0 Å². The lowest BCUT2D eigenvalue weighted by molar-refractivity contribution is -0.829. The first-order valence-electron chi connectivity index (χ1n) is 7.71. The summed E-state index contributed by atoms with van der Waals surface area (Å²) in [6.45, 7) is 0.505. The molecular weight excluding hydrogens is 368 g/mol. The molecule has 0 atom stereocenters. The van der Waals surface area contributed by atoms with Gasteiger partial charge in [-0.2, -0.15) is 5.48 Å². The molecular formula is C18H24BrN4O+. The number of halogens is 1. The Kier molecular flexibility index (Phi) is 7.27. The molecule has 0 spiro atoms. The lowest BCUT2D eigenvalue weighted by Crippen LogP contribution is -2.76. The highest BCUT2D eigenvalue weighted by Crippen LogP contribution is 2.25. The van der Waals surface area contributed by atoms with Crippen LogP contribution in [0.5, 0.6) is 0 Å². The maximum atomic E-state index is 5.85. The van der Waals surface area contributed by atoms with Crippen molar-refractivity contribution < 1.29 is 10.3 Å². The average molecular weight is 392 g/mol. The van der Waals surface area contributed by atoms with Gasteiger partial charge in [0.2, 0.25) is 0 Å². The van der Waals surface area contributed by atoms with Gasteiger partial charge < -0.3 is 16.4 Å². The van der Waals surface area contributed by atoms with Crippen molar-refractivity contribution in [3.05, 3.63) is 59.7 Å². The van der Waals surface area contributed by atoms with E-state index in [4.69, 9.17) is 10.6 Å². The second-order valence-electron chi connectivity index (χ2n) is 5.21. The van der Waals surface area contributed by atoms with Crippen molar-refractivity contribution in [1.82, 2.24) is 5.32 Å². The van der Waals surface area contributed by atoms with E-state index in [1.165, 1.54) is 0 Å². The molecule has 128 valence electrons. The van der Waals surface area contributed by atoms with E-state index in [0.29, 0.717) is 6.54 Å². The van der Waals surface area contributed by atoms with Crippen LogP contribution in [0.3, 0.4) is 0 Å². The zero-order chi connectivity index (χ0) is 17.4. The number of nitrogens with one attached hydrogen (secondary N) is 2. The van der Waals surface area contributed by atoms with Gasteiger partial charge in [0, 0.05) is 36.4 Å². The monoisotopic (exact) mass is 391 g/mol. The third-order valence-corrected chi connectivity index (χ3v) is 4.32. The molecule has 2 rings (SSSR count). The molecule has 0 aliphatic carbocycles. The van der Waals surface area contributed by atoms with E-state index in [9.17, 15) is 0 Å². The Hall–Kier alpha value is -1.86. The van der Waals surface area contributed by atoms with Crippen LogP contribution in [0.25, 0.3) is 5.70 Å². The molecule has 0 heterocycles. The molecule has 0 bridgehead atoms. The molecule has 0 unspecified atom stereocenters. The van der Waals surface area contributed by atoms with Crippen LogP contribution in [0.2, 0.25) is 0 Å². The minimum Gasteiger partial charge on any atom is -0.388 e. The summed E-state index contributed by atoms with van der Waals surface area (Å²) in [5.41, 5.74) is 13.8. The molecule has 6 heteroatoms. The summed E-state index contributed by atoms with van der Waals surface area (Å²) in [7, 11) is 3.56. The third kappa shape index (κ3) is 4.58. The number of anilines is 2. The van der Waals surface area contributed by atoms with Gasteiger partial charge in [0.05, 0.1) is 7.11 Å². The van der Waals surface area contributed by atoms with Crippen LogP contribution in [0.1, 0.15) is 5.56 Å². The largest absolute Gasteiger partial charge is 0.388 e. The molecule has 5 nitrogen and oxygen atoms in total. The van der Waals surface area contributed by atoms with Gasteiger partial charge in [-0.25, -0.2) is 4.84 Å². The Morgan fingerprint density at radius 2 is 2.00 bits per heavy atom. The van der Waals surface area contributed by atoms with Crippen molar-refractivity contribution in [1.29, 1.82) is 0 Å². The lowest BCUT2D eigenvalue weighted by atomic mass is 10.1.